The van der Waals surface area contributed by atoms with Crippen molar-refractivity contribution in [2.75, 3.05) is 13.1 Å². The van der Waals surface area contributed by atoms with Gasteiger partial charge in [-0.25, -0.2) is 0 Å². The van der Waals surface area contributed by atoms with E-state index in [-0.39, 0.29) is 5.92 Å². The van der Waals surface area contributed by atoms with Crippen LogP contribution < -0.4 is 0 Å². The molecule has 1 heterocycles. The van der Waals surface area contributed by atoms with Crippen LogP contribution in [0, 0.1) is 5.92 Å². The van der Waals surface area contributed by atoms with Gasteiger partial charge >= 0.3 is 5.97 Å². The highest BCUT2D eigenvalue weighted by atomic mass is 16.4. The number of carboxylic acids is 1. The maximum Gasteiger partial charge on any atom is 0.312 e. The highest BCUT2D eigenvalue weighted by Crippen LogP contribution is 2.31. The lowest BCUT2D eigenvalue weighted by atomic mass is 9.86. The van der Waals surface area contributed by atoms with Crippen LogP contribution in [0.3, 0.4) is 0 Å². The van der Waals surface area contributed by atoms with Crippen molar-refractivity contribution < 1.29 is 9.90 Å². The third-order valence-corrected chi connectivity index (χ3v) is 4.80. The molecule has 1 unspecified atom stereocenters. The lowest BCUT2D eigenvalue weighted by Crippen LogP contribution is -2.39. The van der Waals surface area contributed by atoms with Crippen molar-refractivity contribution in [2.24, 2.45) is 5.92 Å². The first kappa shape index (κ1) is 13.6. The zero-order chi connectivity index (χ0) is 13.9. The normalized spacial score (nSPS) is 24.3. The van der Waals surface area contributed by atoms with Gasteiger partial charge < -0.3 is 5.11 Å². The Hall–Kier alpha value is -1.35. The smallest absolute Gasteiger partial charge is 0.312 e. The molecule has 0 aromatic heterocycles. The predicted octanol–water partition coefficient (Wildman–Crippen LogP) is 3.25. The Morgan fingerprint density at radius 2 is 1.95 bits per heavy atom. The molecular weight excluding hydrogens is 250 g/mol. The van der Waals surface area contributed by atoms with E-state index < -0.39 is 5.97 Å². The van der Waals surface area contributed by atoms with Gasteiger partial charge in [0.2, 0.25) is 0 Å². The van der Waals surface area contributed by atoms with Crippen molar-refractivity contribution in [3.63, 3.8) is 0 Å². The fourth-order valence-electron chi connectivity index (χ4n) is 3.77. The molecule has 0 spiro atoms. The minimum absolute atomic E-state index is 0.358. The summed E-state index contributed by atoms with van der Waals surface area (Å²) in [5.41, 5.74) is 2.21. The molecule has 0 radical (unpaired) electrons. The summed E-state index contributed by atoms with van der Waals surface area (Å²) in [7, 11) is 0. The Balaban J connectivity index is 1.74. The van der Waals surface area contributed by atoms with E-state index in [0.29, 0.717) is 6.54 Å². The van der Waals surface area contributed by atoms with Crippen LogP contribution in [-0.4, -0.2) is 29.1 Å². The topological polar surface area (TPSA) is 40.5 Å². The van der Waals surface area contributed by atoms with E-state index >= 15 is 0 Å². The van der Waals surface area contributed by atoms with Crippen molar-refractivity contribution in [2.45, 2.75) is 44.6 Å². The van der Waals surface area contributed by atoms with Crippen LogP contribution in [0.1, 0.15) is 49.1 Å². The van der Waals surface area contributed by atoms with Gasteiger partial charge in [-0.05, 0) is 29.9 Å². The molecule has 1 aromatic carbocycles. The van der Waals surface area contributed by atoms with Gasteiger partial charge in [-0.15, -0.1) is 0 Å². The largest absolute Gasteiger partial charge is 0.481 e. The van der Waals surface area contributed by atoms with Crippen LogP contribution in [-0.2, 0) is 11.3 Å². The molecule has 0 saturated heterocycles. The monoisotopic (exact) mass is 273 g/mol. The Morgan fingerprint density at radius 1 is 1.20 bits per heavy atom. The van der Waals surface area contributed by atoms with Crippen molar-refractivity contribution >= 4 is 5.97 Å². The van der Waals surface area contributed by atoms with Crippen LogP contribution in [0.15, 0.2) is 24.3 Å². The first-order valence-corrected chi connectivity index (χ1v) is 7.77. The summed E-state index contributed by atoms with van der Waals surface area (Å²) in [6, 6.07) is 8.03. The molecule has 1 aromatic rings. The molecule has 2 aliphatic rings. The number of hydrogen-bond acceptors (Lipinski definition) is 2. The van der Waals surface area contributed by atoms with E-state index in [0.717, 1.165) is 24.6 Å². The van der Waals surface area contributed by atoms with Crippen LogP contribution >= 0.6 is 0 Å². The second kappa shape index (κ2) is 5.96. The summed E-state index contributed by atoms with van der Waals surface area (Å²) in [6.45, 7) is 2.65. The third kappa shape index (κ3) is 2.88. The Morgan fingerprint density at radius 3 is 2.70 bits per heavy atom. The van der Waals surface area contributed by atoms with Gasteiger partial charge in [0.15, 0.2) is 0 Å². The van der Waals surface area contributed by atoms with Crippen LogP contribution in [0.4, 0.5) is 0 Å². The summed E-state index contributed by atoms with van der Waals surface area (Å²) < 4.78 is 0. The van der Waals surface area contributed by atoms with Gasteiger partial charge in [0.05, 0.1) is 5.92 Å². The molecule has 1 aliphatic heterocycles. The highest BCUT2D eigenvalue weighted by molar-refractivity contribution is 5.77. The Kier molecular flexibility index (Phi) is 4.06. The maximum atomic E-state index is 11.5. The average Bonchev–Trinajstić information content (AvgIpc) is 2.47. The van der Waals surface area contributed by atoms with Crippen molar-refractivity contribution in [1.82, 2.24) is 4.90 Å². The van der Waals surface area contributed by atoms with E-state index in [9.17, 15) is 9.90 Å². The standard InChI is InChI=1S/C17H23NO2/c19-17(20)16-12-18(10-13-6-2-1-3-7-13)11-14-8-4-5-9-15(14)16/h4-5,8-9,13,16H,1-3,6-7,10-12H2,(H,19,20). The quantitative estimate of drug-likeness (QED) is 0.919. The average molecular weight is 273 g/mol. The summed E-state index contributed by atoms with van der Waals surface area (Å²) in [5, 5.41) is 9.48. The zero-order valence-electron chi connectivity index (χ0n) is 11.9. The summed E-state index contributed by atoms with van der Waals surface area (Å²) >= 11 is 0. The van der Waals surface area contributed by atoms with E-state index in [1.807, 2.05) is 18.2 Å². The third-order valence-electron chi connectivity index (χ3n) is 4.80. The number of rotatable bonds is 3. The van der Waals surface area contributed by atoms with E-state index in [2.05, 4.69) is 11.0 Å². The van der Waals surface area contributed by atoms with Crippen LogP contribution in [0.5, 0.6) is 0 Å². The Labute approximate surface area is 120 Å². The first-order valence-electron chi connectivity index (χ1n) is 7.77. The zero-order valence-corrected chi connectivity index (χ0v) is 11.9. The Bertz CT molecular complexity index is 480. The molecule has 1 saturated carbocycles. The number of aliphatic carboxylic acids is 1. The summed E-state index contributed by atoms with van der Waals surface area (Å²) in [6.07, 6.45) is 6.69. The van der Waals surface area contributed by atoms with Gasteiger partial charge in [0.1, 0.15) is 0 Å². The first-order chi connectivity index (χ1) is 9.74. The van der Waals surface area contributed by atoms with Crippen molar-refractivity contribution in [1.29, 1.82) is 0 Å². The number of benzene rings is 1. The van der Waals surface area contributed by atoms with Crippen LogP contribution in [0.25, 0.3) is 0 Å². The number of carbonyl (C=O) groups is 1. The van der Waals surface area contributed by atoms with Gasteiger partial charge in [-0.3, -0.25) is 9.69 Å². The van der Waals surface area contributed by atoms with Gasteiger partial charge in [0.25, 0.3) is 0 Å². The van der Waals surface area contributed by atoms with Crippen LogP contribution in [0.2, 0.25) is 0 Å². The van der Waals surface area contributed by atoms with E-state index in [4.69, 9.17) is 0 Å². The van der Waals surface area contributed by atoms with Gasteiger partial charge in [0, 0.05) is 19.6 Å². The molecule has 1 fully saturated rings. The van der Waals surface area contributed by atoms with E-state index in [1.54, 1.807) is 0 Å². The highest BCUT2D eigenvalue weighted by Gasteiger charge is 2.31. The van der Waals surface area contributed by atoms with Gasteiger partial charge in [-0.2, -0.15) is 0 Å². The second-order valence-corrected chi connectivity index (χ2v) is 6.29. The molecule has 3 heteroatoms. The maximum absolute atomic E-state index is 11.5. The molecule has 3 rings (SSSR count). The minimum atomic E-state index is -0.689. The fraction of sp³-hybridized carbons (Fsp3) is 0.588. The minimum Gasteiger partial charge on any atom is -0.481 e. The molecule has 108 valence electrons. The lowest BCUT2D eigenvalue weighted by molar-refractivity contribution is -0.139. The number of fused-ring (bicyclic) bond motifs is 1. The molecule has 1 N–H and O–H groups in total. The van der Waals surface area contributed by atoms with Gasteiger partial charge in [-0.1, -0.05) is 43.5 Å². The predicted molar refractivity (Wildman–Crippen MR) is 78.7 cm³/mol. The van der Waals surface area contributed by atoms with E-state index in [1.165, 1.54) is 37.7 Å². The second-order valence-electron chi connectivity index (χ2n) is 6.29. The fourth-order valence-corrected chi connectivity index (χ4v) is 3.77. The lowest BCUT2D eigenvalue weighted by Gasteiger charge is -2.36. The molecular formula is C17H23NO2. The molecule has 0 bridgehead atoms. The van der Waals surface area contributed by atoms with Crippen molar-refractivity contribution in [3.8, 4) is 0 Å². The molecule has 1 aliphatic carbocycles. The molecule has 3 nitrogen and oxygen atoms in total. The number of carboxylic acid groups (broad SMARTS) is 1. The number of hydrogen-bond donors (Lipinski definition) is 1. The molecule has 20 heavy (non-hydrogen) atoms. The summed E-state index contributed by atoms with van der Waals surface area (Å²) in [5.74, 6) is -0.280. The number of nitrogens with zero attached hydrogens (tertiary/aromatic N) is 1. The molecule has 0 amide bonds. The summed E-state index contributed by atoms with van der Waals surface area (Å²) in [4.78, 5) is 13.9. The van der Waals surface area contributed by atoms with Crippen molar-refractivity contribution in [3.05, 3.63) is 35.4 Å². The SMILES string of the molecule is O=C(O)C1CN(CC2CCCCC2)Cc2ccccc21. The molecule has 1 atom stereocenters.